The molecule has 8 heteroatoms. The SMILES string of the molecule is Cn1cncc1-c1ccc(C(=O)NC(Cc2ccccc2)C(NC(=O)O)C(C)(C)C)s1. The van der Waals surface area contributed by atoms with E-state index < -0.39 is 23.6 Å². The van der Waals surface area contributed by atoms with E-state index in [1.807, 2.05) is 68.8 Å². The highest BCUT2D eigenvalue weighted by molar-refractivity contribution is 7.17. The number of carboxylic acid groups (broad SMARTS) is 1. The van der Waals surface area contributed by atoms with Gasteiger partial charge in [-0.15, -0.1) is 11.3 Å². The van der Waals surface area contributed by atoms with E-state index in [1.165, 1.54) is 11.3 Å². The predicted molar refractivity (Wildman–Crippen MR) is 122 cm³/mol. The zero-order chi connectivity index (χ0) is 22.6. The summed E-state index contributed by atoms with van der Waals surface area (Å²) in [6.07, 6.45) is 2.88. The number of hydrogen-bond acceptors (Lipinski definition) is 4. The lowest BCUT2D eigenvalue weighted by atomic mass is 9.80. The van der Waals surface area contributed by atoms with Crippen molar-refractivity contribution >= 4 is 23.3 Å². The van der Waals surface area contributed by atoms with Crippen molar-refractivity contribution in [3.63, 3.8) is 0 Å². The first-order valence-corrected chi connectivity index (χ1v) is 10.9. The molecule has 2 amide bonds. The molecule has 0 radical (unpaired) electrons. The molecule has 2 atom stereocenters. The molecule has 0 bridgehead atoms. The fraction of sp³-hybridized carbons (Fsp3) is 0.348. The van der Waals surface area contributed by atoms with Gasteiger partial charge in [0.15, 0.2) is 0 Å². The van der Waals surface area contributed by atoms with Crippen LogP contribution in [-0.2, 0) is 13.5 Å². The molecule has 0 aliphatic heterocycles. The van der Waals surface area contributed by atoms with Gasteiger partial charge in [0, 0.05) is 7.05 Å². The molecule has 3 N–H and O–H groups in total. The molecule has 2 heterocycles. The van der Waals surface area contributed by atoms with Crippen LogP contribution in [0.3, 0.4) is 0 Å². The number of aromatic nitrogens is 2. The molecule has 0 aliphatic rings. The summed E-state index contributed by atoms with van der Waals surface area (Å²) in [6, 6.07) is 12.5. The minimum atomic E-state index is -1.11. The van der Waals surface area contributed by atoms with E-state index in [4.69, 9.17) is 0 Å². The number of benzene rings is 1. The second kappa shape index (κ2) is 9.34. The Morgan fingerprint density at radius 2 is 1.84 bits per heavy atom. The summed E-state index contributed by atoms with van der Waals surface area (Å²) in [5.41, 5.74) is 1.56. The summed E-state index contributed by atoms with van der Waals surface area (Å²) in [4.78, 5) is 30.3. The van der Waals surface area contributed by atoms with Crippen molar-refractivity contribution in [2.75, 3.05) is 0 Å². The average Bonchev–Trinajstić information content (AvgIpc) is 3.34. The Labute approximate surface area is 186 Å². The number of amides is 2. The molecule has 0 spiro atoms. The summed E-state index contributed by atoms with van der Waals surface area (Å²) in [6.45, 7) is 5.89. The van der Waals surface area contributed by atoms with Crippen LogP contribution in [0.15, 0.2) is 55.0 Å². The zero-order valence-electron chi connectivity index (χ0n) is 18.1. The normalized spacial score (nSPS) is 13.4. The highest BCUT2D eigenvalue weighted by atomic mass is 32.1. The van der Waals surface area contributed by atoms with Gasteiger partial charge in [-0.2, -0.15) is 0 Å². The Morgan fingerprint density at radius 1 is 1.13 bits per heavy atom. The Bertz CT molecular complexity index is 1040. The molecule has 0 fully saturated rings. The number of imidazole rings is 1. The molecule has 2 unspecified atom stereocenters. The van der Waals surface area contributed by atoms with Crippen molar-refractivity contribution in [3.05, 3.63) is 65.4 Å². The number of thiophene rings is 1. The number of hydrogen-bond donors (Lipinski definition) is 3. The van der Waals surface area contributed by atoms with Crippen LogP contribution >= 0.6 is 11.3 Å². The van der Waals surface area contributed by atoms with E-state index in [1.54, 1.807) is 18.6 Å². The van der Waals surface area contributed by atoms with E-state index >= 15 is 0 Å². The Morgan fingerprint density at radius 3 is 2.42 bits per heavy atom. The summed E-state index contributed by atoms with van der Waals surface area (Å²) in [7, 11) is 1.91. The highest BCUT2D eigenvalue weighted by Crippen LogP contribution is 2.28. The Balaban J connectivity index is 1.86. The van der Waals surface area contributed by atoms with Crippen LogP contribution in [0.4, 0.5) is 4.79 Å². The molecule has 3 aromatic rings. The van der Waals surface area contributed by atoms with Gasteiger partial charge in [-0.1, -0.05) is 51.1 Å². The van der Waals surface area contributed by atoms with E-state index in [0.29, 0.717) is 11.3 Å². The minimum absolute atomic E-state index is 0.221. The van der Waals surface area contributed by atoms with Gasteiger partial charge >= 0.3 is 6.09 Å². The molecule has 164 valence electrons. The lowest BCUT2D eigenvalue weighted by molar-refractivity contribution is 0.0905. The molecule has 0 saturated heterocycles. The number of rotatable bonds is 7. The van der Waals surface area contributed by atoms with Crippen molar-refractivity contribution < 1.29 is 14.7 Å². The maximum Gasteiger partial charge on any atom is 0.404 e. The van der Waals surface area contributed by atoms with Crippen LogP contribution in [-0.4, -0.2) is 38.7 Å². The first-order chi connectivity index (χ1) is 14.6. The third kappa shape index (κ3) is 5.73. The van der Waals surface area contributed by atoms with Gasteiger partial charge in [-0.3, -0.25) is 4.79 Å². The standard InChI is InChI=1S/C23H28N4O3S/c1-23(2,3)20(26-22(29)30)16(12-15-8-6-5-7-9-15)25-21(28)19-11-10-18(31-19)17-13-24-14-27(17)4/h5-11,13-14,16,20,26H,12H2,1-4H3,(H,25,28)(H,29,30). The summed E-state index contributed by atoms with van der Waals surface area (Å²) in [5, 5.41) is 15.1. The van der Waals surface area contributed by atoms with Gasteiger partial charge < -0.3 is 20.3 Å². The lowest BCUT2D eigenvalue weighted by Crippen LogP contribution is -2.58. The minimum Gasteiger partial charge on any atom is -0.465 e. The lowest BCUT2D eigenvalue weighted by Gasteiger charge is -2.37. The third-order valence-electron chi connectivity index (χ3n) is 5.13. The van der Waals surface area contributed by atoms with Gasteiger partial charge in [-0.05, 0) is 29.5 Å². The van der Waals surface area contributed by atoms with Crippen LogP contribution in [0.5, 0.6) is 0 Å². The van der Waals surface area contributed by atoms with E-state index in [9.17, 15) is 14.7 Å². The summed E-state index contributed by atoms with van der Waals surface area (Å²) >= 11 is 1.38. The second-order valence-electron chi connectivity index (χ2n) is 8.62. The topological polar surface area (TPSA) is 96.3 Å². The first-order valence-electron chi connectivity index (χ1n) is 10.1. The molecule has 1 aromatic carbocycles. The predicted octanol–water partition coefficient (Wildman–Crippen LogP) is 4.17. The molecule has 0 saturated carbocycles. The van der Waals surface area contributed by atoms with E-state index in [2.05, 4.69) is 15.6 Å². The van der Waals surface area contributed by atoms with E-state index in [0.717, 1.165) is 16.1 Å². The fourth-order valence-electron chi connectivity index (χ4n) is 3.61. The average molecular weight is 441 g/mol. The smallest absolute Gasteiger partial charge is 0.404 e. The molecule has 3 rings (SSSR count). The Kier molecular flexibility index (Phi) is 6.80. The van der Waals surface area contributed by atoms with E-state index in [-0.39, 0.29) is 5.91 Å². The van der Waals surface area contributed by atoms with Crippen molar-refractivity contribution in [2.24, 2.45) is 12.5 Å². The number of nitrogens with zero attached hydrogens (tertiary/aromatic N) is 2. The first kappa shape index (κ1) is 22.6. The second-order valence-corrected chi connectivity index (χ2v) is 9.70. The molecule has 2 aromatic heterocycles. The summed E-state index contributed by atoms with van der Waals surface area (Å²) in [5.74, 6) is -0.221. The largest absolute Gasteiger partial charge is 0.465 e. The molecular formula is C23H28N4O3S. The van der Waals surface area contributed by atoms with Gasteiger partial charge in [-0.25, -0.2) is 9.78 Å². The molecule has 7 nitrogen and oxygen atoms in total. The molecule has 31 heavy (non-hydrogen) atoms. The van der Waals surface area contributed by atoms with Gasteiger partial charge in [0.1, 0.15) is 0 Å². The Hall–Kier alpha value is -3.13. The van der Waals surface area contributed by atoms with Crippen LogP contribution in [0.1, 0.15) is 36.0 Å². The van der Waals surface area contributed by atoms with Crippen molar-refractivity contribution in [3.8, 4) is 10.6 Å². The quantitative estimate of drug-likeness (QED) is 0.514. The monoisotopic (exact) mass is 440 g/mol. The zero-order valence-corrected chi connectivity index (χ0v) is 18.9. The highest BCUT2D eigenvalue weighted by Gasteiger charge is 2.35. The maximum absolute atomic E-state index is 13.1. The van der Waals surface area contributed by atoms with Gasteiger partial charge in [0.2, 0.25) is 0 Å². The molecule has 0 aliphatic carbocycles. The van der Waals surface area contributed by atoms with Crippen LogP contribution in [0.2, 0.25) is 0 Å². The van der Waals surface area contributed by atoms with Crippen molar-refractivity contribution in [2.45, 2.75) is 39.3 Å². The molecular weight excluding hydrogens is 412 g/mol. The maximum atomic E-state index is 13.1. The van der Waals surface area contributed by atoms with Gasteiger partial charge in [0.05, 0.1) is 40.1 Å². The number of nitrogens with one attached hydrogen (secondary N) is 2. The van der Waals surface area contributed by atoms with Crippen LogP contribution in [0.25, 0.3) is 10.6 Å². The van der Waals surface area contributed by atoms with Crippen LogP contribution < -0.4 is 10.6 Å². The van der Waals surface area contributed by atoms with Crippen molar-refractivity contribution in [1.82, 2.24) is 20.2 Å². The number of carbonyl (C=O) groups excluding carboxylic acids is 1. The fourth-order valence-corrected chi connectivity index (χ4v) is 4.57. The van der Waals surface area contributed by atoms with Crippen LogP contribution in [0, 0.1) is 5.41 Å². The van der Waals surface area contributed by atoms with Gasteiger partial charge in [0.25, 0.3) is 5.91 Å². The number of aryl methyl sites for hydroxylation is 1. The number of carbonyl (C=O) groups is 2. The summed E-state index contributed by atoms with van der Waals surface area (Å²) < 4.78 is 1.90. The third-order valence-corrected chi connectivity index (χ3v) is 6.23. The van der Waals surface area contributed by atoms with Crippen molar-refractivity contribution in [1.29, 1.82) is 0 Å².